The van der Waals surface area contributed by atoms with E-state index in [1.807, 2.05) is 24.3 Å². The van der Waals surface area contributed by atoms with E-state index in [9.17, 15) is 0 Å². The molecule has 0 aliphatic rings. The summed E-state index contributed by atoms with van der Waals surface area (Å²) in [5, 5.41) is 5.14. The molecule has 142 valence electrons. The maximum absolute atomic E-state index is 6.30. The molecule has 6 rings (SSSR count). The minimum atomic E-state index is 0.714. The highest BCUT2D eigenvalue weighted by molar-refractivity contribution is 6.32. The molecule has 0 aliphatic heterocycles. The largest absolute Gasteiger partial charge is 0.455 e. The Labute approximate surface area is 179 Å². The van der Waals surface area contributed by atoms with E-state index >= 15 is 0 Å². The fraction of sp³-hybridized carbons (Fsp3) is 0. The lowest BCUT2D eigenvalue weighted by atomic mass is 9.93. The molecule has 0 saturated heterocycles. The van der Waals surface area contributed by atoms with Gasteiger partial charge >= 0.3 is 0 Å². The maximum atomic E-state index is 6.30. The summed E-state index contributed by atoms with van der Waals surface area (Å²) in [6, 6.07) is 35.7. The number of fused-ring (bicyclic) bond motifs is 5. The molecule has 30 heavy (non-hydrogen) atoms. The van der Waals surface area contributed by atoms with Gasteiger partial charge in [0.05, 0.1) is 0 Å². The molecule has 0 aliphatic carbocycles. The van der Waals surface area contributed by atoms with Crippen molar-refractivity contribution in [2.75, 3.05) is 0 Å². The third kappa shape index (κ3) is 2.71. The Morgan fingerprint density at radius 3 is 2.10 bits per heavy atom. The van der Waals surface area contributed by atoms with Crippen LogP contribution in [0.1, 0.15) is 0 Å². The van der Waals surface area contributed by atoms with Crippen molar-refractivity contribution in [2.24, 2.45) is 0 Å². The Kier molecular flexibility index (Phi) is 3.90. The van der Waals surface area contributed by atoms with Crippen LogP contribution in [0.3, 0.4) is 0 Å². The zero-order valence-corrected chi connectivity index (χ0v) is 16.9. The maximum Gasteiger partial charge on any atom is 0.143 e. The predicted octanol–water partition coefficient (Wildman–Crippen LogP) is 8.73. The summed E-state index contributed by atoms with van der Waals surface area (Å²) in [7, 11) is 0. The molecule has 1 heterocycles. The number of benzene rings is 5. The van der Waals surface area contributed by atoms with Crippen LogP contribution in [0, 0.1) is 0 Å². The first-order chi connectivity index (χ1) is 14.8. The van der Waals surface area contributed by atoms with E-state index < -0.39 is 0 Å². The van der Waals surface area contributed by atoms with Gasteiger partial charge in [-0.05, 0) is 58.0 Å². The van der Waals surface area contributed by atoms with E-state index in [0.717, 1.165) is 27.3 Å². The molecule has 0 fully saturated rings. The number of rotatable bonds is 2. The molecular formula is C28H17ClO. The van der Waals surface area contributed by atoms with Crippen LogP contribution in [-0.4, -0.2) is 0 Å². The molecule has 0 radical (unpaired) electrons. The minimum absolute atomic E-state index is 0.714. The normalized spacial score (nSPS) is 11.5. The lowest BCUT2D eigenvalue weighted by Crippen LogP contribution is -1.84. The van der Waals surface area contributed by atoms with Gasteiger partial charge in [0.25, 0.3) is 0 Å². The number of halogens is 1. The molecule has 5 aromatic carbocycles. The molecule has 1 nitrogen and oxygen atoms in total. The number of furan rings is 1. The van der Waals surface area contributed by atoms with Gasteiger partial charge in [-0.1, -0.05) is 84.4 Å². The molecule has 6 aromatic rings. The number of hydrogen-bond donors (Lipinski definition) is 0. The van der Waals surface area contributed by atoms with Crippen LogP contribution >= 0.6 is 11.6 Å². The van der Waals surface area contributed by atoms with Crippen molar-refractivity contribution in [1.82, 2.24) is 0 Å². The monoisotopic (exact) mass is 404 g/mol. The van der Waals surface area contributed by atoms with Crippen LogP contribution in [0.5, 0.6) is 0 Å². The van der Waals surface area contributed by atoms with Gasteiger partial charge in [0.15, 0.2) is 0 Å². The average Bonchev–Trinajstić information content (AvgIpc) is 3.17. The summed E-state index contributed by atoms with van der Waals surface area (Å²) in [5.41, 5.74) is 6.56. The summed E-state index contributed by atoms with van der Waals surface area (Å²) < 4.78 is 6.25. The van der Waals surface area contributed by atoms with Crippen molar-refractivity contribution in [3.05, 3.63) is 108 Å². The van der Waals surface area contributed by atoms with Crippen LogP contribution < -0.4 is 0 Å². The van der Waals surface area contributed by atoms with Crippen molar-refractivity contribution in [1.29, 1.82) is 0 Å². The Hall–Kier alpha value is -3.55. The molecule has 0 bridgehead atoms. The van der Waals surface area contributed by atoms with E-state index in [1.165, 1.54) is 27.6 Å². The standard InChI is InChI=1S/C28H17ClO/c29-21-13-14-27-25(16-21)26-17-24(22-11-4-5-12-23(22)28(26)30-27)20-10-6-9-19(15-20)18-7-2-1-3-8-18/h1-17H. The van der Waals surface area contributed by atoms with Crippen molar-refractivity contribution in [3.8, 4) is 22.3 Å². The van der Waals surface area contributed by atoms with E-state index in [0.29, 0.717) is 5.02 Å². The second kappa shape index (κ2) is 6.76. The highest BCUT2D eigenvalue weighted by Gasteiger charge is 2.15. The van der Waals surface area contributed by atoms with Crippen LogP contribution in [0.15, 0.2) is 108 Å². The zero-order chi connectivity index (χ0) is 20.1. The third-order valence-electron chi connectivity index (χ3n) is 5.72. The van der Waals surface area contributed by atoms with Gasteiger partial charge in [0, 0.05) is 21.2 Å². The van der Waals surface area contributed by atoms with Gasteiger partial charge in [-0.3, -0.25) is 0 Å². The molecule has 0 atom stereocenters. The summed E-state index contributed by atoms with van der Waals surface area (Å²) in [6.45, 7) is 0. The fourth-order valence-corrected chi connectivity index (χ4v) is 4.48. The summed E-state index contributed by atoms with van der Waals surface area (Å²) in [6.07, 6.45) is 0. The van der Waals surface area contributed by atoms with Gasteiger partial charge in [0.1, 0.15) is 11.2 Å². The van der Waals surface area contributed by atoms with Crippen LogP contribution in [0.4, 0.5) is 0 Å². The van der Waals surface area contributed by atoms with Gasteiger partial charge in [0.2, 0.25) is 0 Å². The molecule has 0 N–H and O–H groups in total. The Morgan fingerprint density at radius 2 is 1.23 bits per heavy atom. The smallest absolute Gasteiger partial charge is 0.143 e. The highest BCUT2D eigenvalue weighted by Crippen LogP contribution is 2.40. The quantitative estimate of drug-likeness (QED) is 0.281. The minimum Gasteiger partial charge on any atom is -0.455 e. The van der Waals surface area contributed by atoms with Crippen LogP contribution in [-0.2, 0) is 0 Å². The Balaban J connectivity index is 1.68. The first-order valence-corrected chi connectivity index (χ1v) is 10.3. The summed E-state index contributed by atoms with van der Waals surface area (Å²) >= 11 is 6.30. The molecule has 2 heteroatoms. The van der Waals surface area contributed by atoms with Gasteiger partial charge in [-0.25, -0.2) is 0 Å². The Morgan fingerprint density at radius 1 is 0.500 bits per heavy atom. The van der Waals surface area contributed by atoms with Gasteiger partial charge in [-0.2, -0.15) is 0 Å². The van der Waals surface area contributed by atoms with Crippen molar-refractivity contribution in [2.45, 2.75) is 0 Å². The SMILES string of the molecule is Clc1ccc2oc3c4ccccc4c(-c4cccc(-c5ccccc5)c4)cc3c2c1. The third-order valence-corrected chi connectivity index (χ3v) is 5.95. The fourth-order valence-electron chi connectivity index (χ4n) is 4.31. The first-order valence-electron chi connectivity index (χ1n) is 9.97. The van der Waals surface area contributed by atoms with Crippen LogP contribution in [0.2, 0.25) is 5.02 Å². The average molecular weight is 405 g/mol. The molecule has 0 saturated carbocycles. The predicted molar refractivity (Wildman–Crippen MR) is 127 cm³/mol. The molecular weight excluding hydrogens is 388 g/mol. The molecule has 0 unspecified atom stereocenters. The van der Waals surface area contributed by atoms with Gasteiger partial charge < -0.3 is 4.42 Å². The van der Waals surface area contributed by atoms with E-state index in [2.05, 4.69) is 78.9 Å². The molecule has 1 aromatic heterocycles. The highest BCUT2D eigenvalue weighted by atomic mass is 35.5. The second-order valence-corrected chi connectivity index (χ2v) is 7.97. The molecule has 0 spiro atoms. The van der Waals surface area contributed by atoms with E-state index in [1.54, 1.807) is 0 Å². The Bertz CT molecular complexity index is 1540. The van der Waals surface area contributed by atoms with Crippen molar-refractivity contribution < 1.29 is 4.42 Å². The van der Waals surface area contributed by atoms with Gasteiger partial charge in [-0.15, -0.1) is 0 Å². The second-order valence-electron chi connectivity index (χ2n) is 7.54. The zero-order valence-electron chi connectivity index (χ0n) is 16.1. The summed E-state index contributed by atoms with van der Waals surface area (Å²) in [4.78, 5) is 0. The topological polar surface area (TPSA) is 13.1 Å². The summed E-state index contributed by atoms with van der Waals surface area (Å²) in [5.74, 6) is 0. The lowest BCUT2D eigenvalue weighted by Gasteiger charge is -2.10. The van der Waals surface area contributed by atoms with Crippen LogP contribution in [0.25, 0.3) is 55.0 Å². The molecule has 0 amide bonds. The van der Waals surface area contributed by atoms with Crippen molar-refractivity contribution in [3.63, 3.8) is 0 Å². The van der Waals surface area contributed by atoms with E-state index in [-0.39, 0.29) is 0 Å². The first kappa shape index (κ1) is 17.3. The lowest BCUT2D eigenvalue weighted by molar-refractivity contribution is 0.672. The number of hydrogen-bond acceptors (Lipinski definition) is 1. The van der Waals surface area contributed by atoms with E-state index in [4.69, 9.17) is 16.0 Å². The van der Waals surface area contributed by atoms with Crippen molar-refractivity contribution >= 4 is 44.3 Å².